The summed E-state index contributed by atoms with van der Waals surface area (Å²) in [5, 5.41) is 7.47. The molecule has 8 nitrogen and oxygen atoms in total. The van der Waals surface area contributed by atoms with Gasteiger partial charge in [0.1, 0.15) is 18.0 Å². The van der Waals surface area contributed by atoms with Gasteiger partial charge in [0, 0.05) is 46.2 Å². The van der Waals surface area contributed by atoms with Gasteiger partial charge in [-0.2, -0.15) is 4.98 Å². The summed E-state index contributed by atoms with van der Waals surface area (Å²) in [4.78, 5) is 17.1. The van der Waals surface area contributed by atoms with E-state index < -0.39 is 0 Å². The highest BCUT2D eigenvalue weighted by Crippen LogP contribution is 2.18. The molecule has 124 valence electrons. The van der Waals surface area contributed by atoms with Crippen molar-refractivity contribution >= 4 is 11.6 Å². The van der Waals surface area contributed by atoms with Crippen LogP contribution in [0.15, 0.2) is 16.9 Å². The summed E-state index contributed by atoms with van der Waals surface area (Å²) in [5.41, 5.74) is 0. The Hall–Kier alpha value is -2.22. The molecule has 1 fully saturated rings. The lowest BCUT2D eigenvalue weighted by molar-refractivity contribution is 0.204. The van der Waals surface area contributed by atoms with Crippen LogP contribution in [0.3, 0.4) is 0 Å². The zero-order valence-electron chi connectivity index (χ0n) is 13.9. The zero-order valence-corrected chi connectivity index (χ0v) is 13.9. The highest BCUT2D eigenvalue weighted by atomic mass is 16.5. The highest BCUT2D eigenvalue weighted by Gasteiger charge is 2.21. The molecule has 0 bridgehead atoms. The van der Waals surface area contributed by atoms with Crippen LogP contribution in [0.25, 0.3) is 0 Å². The Kier molecular flexibility index (Phi) is 4.71. The van der Waals surface area contributed by atoms with Crippen LogP contribution >= 0.6 is 0 Å². The summed E-state index contributed by atoms with van der Waals surface area (Å²) in [6.07, 6.45) is 3.74. The molecule has 1 aliphatic heterocycles. The van der Waals surface area contributed by atoms with Crippen LogP contribution in [0.5, 0.6) is 0 Å². The first-order valence-corrected chi connectivity index (χ1v) is 7.87. The van der Waals surface area contributed by atoms with Gasteiger partial charge in [-0.3, -0.25) is 4.90 Å². The number of aryl methyl sites for hydroxylation is 1. The van der Waals surface area contributed by atoms with Gasteiger partial charge in [0.2, 0.25) is 5.89 Å². The van der Waals surface area contributed by atoms with Gasteiger partial charge in [0.25, 0.3) is 0 Å². The second-order valence-electron chi connectivity index (χ2n) is 6.08. The van der Waals surface area contributed by atoms with Crippen LogP contribution < -0.4 is 10.2 Å². The standard InChI is InChI=1S/C15H23N7O/c1-11-18-14(20-23-11)9-22-6-4-12(5-7-22)19-13-8-15(21(2)3)17-10-16-13/h8,10,12H,4-7,9H2,1-3H3,(H,16,17,19). The van der Waals surface area contributed by atoms with E-state index in [2.05, 4.69) is 30.3 Å². The molecule has 0 amide bonds. The van der Waals surface area contributed by atoms with Crippen molar-refractivity contribution in [2.45, 2.75) is 32.4 Å². The van der Waals surface area contributed by atoms with Gasteiger partial charge in [-0.25, -0.2) is 9.97 Å². The fourth-order valence-corrected chi connectivity index (χ4v) is 2.72. The van der Waals surface area contributed by atoms with E-state index in [0.717, 1.165) is 49.9 Å². The van der Waals surface area contributed by atoms with E-state index >= 15 is 0 Å². The van der Waals surface area contributed by atoms with E-state index in [1.165, 1.54) is 0 Å². The summed E-state index contributed by atoms with van der Waals surface area (Å²) < 4.78 is 5.02. The largest absolute Gasteiger partial charge is 0.367 e. The van der Waals surface area contributed by atoms with E-state index in [4.69, 9.17) is 4.52 Å². The molecule has 3 rings (SSSR count). The third kappa shape index (κ3) is 4.16. The van der Waals surface area contributed by atoms with Crippen LogP contribution in [-0.4, -0.2) is 58.2 Å². The average Bonchev–Trinajstić information content (AvgIpc) is 2.94. The summed E-state index contributed by atoms with van der Waals surface area (Å²) in [6.45, 7) is 4.59. The normalized spacial score (nSPS) is 16.5. The maximum Gasteiger partial charge on any atom is 0.223 e. The minimum atomic E-state index is 0.433. The number of nitrogens with one attached hydrogen (secondary N) is 1. The number of likely N-dealkylation sites (tertiary alicyclic amines) is 1. The summed E-state index contributed by atoms with van der Waals surface area (Å²) in [5.74, 6) is 3.18. The number of aromatic nitrogens is 4. The third-order valence-corrected chi connectivity index (χ3v) is 3.99. The van der Waals surface area contributed by atoms with Gasteiger partial charge in [0.15, 0.2) is 5.82 Å². The molecule has 8 heteroatoms. The van der Waals surface area contributed by atoms with Crippen LogP contribution in [-0.2, 0) is 6.54 Å². The molecule has 0 spiro atoms. The van der Waals surface area contributed by atoms with Gasteiger partial charge in [-0.15, -0.1) is 0 Å². The number of piperidine rings is 1. The van der Waals surface area contributed by atoms with Gasteiger partial charge >= 0.3 is 0 Å². The molecule has 0 aliphatic carbocycles. The van der Waals surface area contributed by atoms with Crippen molar-refractivity contribution < 1.29 is 4.52 Å². The molecule has 0 atom stereocenters. The molecule has 2 aromatic heterocycles. The summed E-state index contributed by atoms with van der Waals surface area (Å²) in [7, 11) is 3.95. The molecule has 0 radical (unpaired) electrons. The quantitative estimate of drug-likeness (QED) is 0.884. The van der Waals surface area contributed by atoms with Crippen LogP contribution in [0.2, 0.25) is 0 Å². The molecule has 3 heterocycles. The molecule has 0 aromatic carbocycles. The zero-order chi connectivity index (χ0) is 16.2. The second-order valence-corrected chi connectivity index (χ2v) is 6.08. The minimum absolute atomic E-state index is 0.433. The first-order chi connectivity index (χ1) is 11.1. The molecular formula is C15H23N7O. The Morgan fingerprint density at radius 1 is 1.30 bits per heavy atom. The lowest BCUT2D eigenvalue weighted by Crippen LogP contribution is -2.39. The van der Waals surface area contributed by atoms with Gasteiger partial charge in [-0.1, -0.05) is 5.16 Å². The van der Waals surface area contributed by atoms with E-state index in [1.54, 1.807) is 6.33 Å². The number of rotatable bonds is 5. The maximum absolute atomic E-state index is 5.02. The second kappa shape index (κ2) is 6.91. The molecule has 0 unspecified atom stereocenters. The number of anilines is 2. The van der Waals surface area contributed by atoms with Crippen LogP contribution in [0.1, 0.15) is 24.6 Å². The summed E-state index contributed by atoms with van der Waals surface area (Å²) >= 11 is 0. The monoisotopic (exact) mass is 317 g/mol. The Labute approximate surface area is 135 Å². The average molecular weight is 317 g/mol. The van der Waals surface area contributed by atoms with E-state index in [1.807, 2.05) is 32.0 Å². The molecule has 2 aromatic rings. The lowest BCUT2D eigenvalue weighted by Gasteiger charge is -2.31. The molecule has 23 heavy (non-hydrogen) atoms. The molecule has 0 saturated carbocycles. The predicted octanol–water partition coefficient (Wildman–Crippen LogP) is 1.31. The van der Waals surface area contributed by atoms with E-state index in [0.29, 0.717) is 11.9 Å². The Balaban J connectivity index is 1.50. The topological polar surface area (TPSA) is 83.2 Å². The van der Waals surface area contributed by atoms with Gasteiger partial charge < -0.3 is 14.7 Å². The Morgan fingerprint density at radius 2 is 2.09 bits per heavy atom. The SMILES string of the molecule is Cc1nc(CN2CCC(Nc3cc(N(C)C)ncn3)CC2)no1. The molecule has 1 aliphatic rings. The van der Waals surface area contributed by atoms with Crippen molar-refractivity contribution in [3.63, 3.8) is 0 Å². The minimum Gasteiger partial charge on any atom is -0.367 e. The van der Waals surface area contributed by atoms with Crippen molar-refractivity contribution in [2.75, 3.05) is 37.4 Å². The highest BCUT2D eigenvalue weighted by molar-refractivity contribution is 5.47. The van der Waals surface area contributed by atoms with Gasteiger partial charge in [-0.05, 0) is 12.8 Å². The van der Waals surface area contributed by atoms with Crippen LogP contribution in [0, 0.1) is 6.92 Å². The van der Waals surface area contributed by atoms with Crippen molar-refractivity contribution in [2.24, 2.45) is 0 Å². The van der Waals surface area contributed by atoms with Crippen molar-refractivity contribution in [3.8, 4) is 0 Å². The first kappa shape index (κ1) is 15.7. The van der Waals surface area contributed by atoms with Crippen molar-refractivity contribution in [1.29, 1.82) is 0 Å². The maximum atomic E-state index is 5.02. The predicted molar refractivity (Wildman–Crippen MR) is 87.3 cm³/mol. The smallest absolute Gasteiger partial charge is 0.223 e. The third-order valence-electron chi connectivity index (χ3n) is 3.99. The van der Waals surface area contributed by atoms with Crippen LogP contribution in [0.4, 0.5) is 11.6 Å². The number of nitrogens with zero attached hydrogens (tertiary/aromatic N) is 6. The number of hydrogen-bond donors (Lipinski definition) is 1. The van der Waals surface area contributed by atoms with E-state index in [-0.39, 0.29) is 0 Å². The summed E-state index contributed by atoms with van der Waals surface area (Å²) in [6, 6.07) is 2.41. The molecule has 1 saturated heterocycles. The Bertz CT molecular complexity index is 634. The van der Waals surface area contributed by atoms with Gasteiger partial charge in [0.05, 0.1) is 6.54 Å². The van der Waals surface area contributed by atoms with Crippen molar-refractivity contribution in [1.82, 2.24) is 25.0 Å². The fourth-order valence-electron chi connectivity index (χ4n) is 2.72. The lowest BCUT2D eigenvalue weighted by atomic mass is 10.1. The molecular weight excluding hydrogens is 294 g/mol. The first-order valence-electron chi connectivity index (χ1n) is 7.87. The molecule has 1 N–H and O–H groups in total. The van der Waals surface area contributed by atoms with Crippen molar-refractivity contribution in [3.05, 3.63) is 24.1 Å². The fraction of sp³-hybridized carbons (Fsp3) is 0.600. The van der Waals surface area contributed by atoms with E-state index in [9.17, 15) is 0 Å². The Morgan fingerprint density at radius 3 is 2.74 bits per heavy atom. The number of hydrogen-bond acceptors (Lipinski definition) is 8.